The van der Waals surface area contributed by atoms with Gasteiger partial charge in [-0.3, -0.25) is 9.59 Å². The number of hydrogen-bond acceptors (Lipinski definition) is 3. The fourth-order valence-corrected chi connectivity index (χ4v) is 6.28. The van der Waals surface area contributed by atoms with Gasteiger partial charge in [-0.25, -0.2) is 0 Å². The molecule has 1 aromatic rings. The van der Waals surface area contributed by atoms with Crippen LogP contribution in [0.2, 0.25) is 0 Å². The molecule has 4 rings (SSSR count). The SMILES string of the molecule is CC(C)CN1CC2(CCN(C(=O)CCc3ccccc3)CC2)C2(CCN(C)C2=O)C1. The zero-order valence-electron chi connectivity index (χ0n) is 18.9. The fourth-order valence-electron chi connectivity index (χ4n) is 6.28. The average Bonchev–Trinajstić information content (AvgIpc) is 3.19. The Bertz CT molecular complexity index is 770. The molecule has 5 heteroatoms. The number of hydrogen-bond donors (Lipinski definition) is 0. The fraction of sp³-hybridized carbons (Fsp3) is 0.680. The molecule has 0 bridgehead atoms. The molecule has 1 unspecified atom stereocenters. The zero-order valence-corrected chi connectivity index (χ0v) is 18.9. The van der Waals surface area contributed by atoms with Crippen molar-refractivity contribution in [1.82, 2.24) is 14.7 Å². The summed E-state index contributed by atoms with van der Waals surface area (Å²) >= 11 is 0. The summed E-state index contributed by atoms with van der Waals surface area (Å²) in [6.45, 7) is 9.94. The molecule has 0 aliphatic carbocycles. The quantitative estimate of drug-likeness (QED) is 0.748. The lowest BCUT2D eigenvalue weighted by Gasteiger charge is -2.47. The van der Waals surface area contributed by atoms with E-state index in [0.29, 0.717) is 18.2 Å². The first-order valence-electron chi connectivity index (χ1n) is 11.6. The molecule has 164 valence electrons. The number of carbonyl (C=O) groups is 2. The van der Waals surface area contributed by atoms with Gasteiger partial charge >= 0.3 is 0 Å². The van der Waals surface area contributed by atoms with Gasteiger partial charge in [-0.1, -0.05) is 44.2 Å². The topological polar surface area (TPSA) is 43.9 Å². The summed E-state index contributed by atoms with van der Waals surface area (Å²) in [4.78, 5) is 32.7. The molecule has 1 aromatic carbocycles. The summed E-state index contributed by atoms with van der Waals surface area (Å²) in [5, 5.41) is 0. The van der Waals surface area contributed by atoms with E-state index in [1.54, 1.807) is 0 Å². The minimum Gasteiger partial charge on any atom is -0.345 e. The van der Waals surface area contributed by atoms with Crippen LogP contribution in [0.3, 0.4) is 0 Å². The van der Waals surface area contributed by atoms with Crippen molar-refractivity contribution >= 4 is 11.8 Å². The molecular formula is C25H37N3O2. The van der Waals surface area contributed by atoms with E-state index < -0.39 is 0 Å². The van der Waals surface area contributed by atoms with E-state index in [4.69, 9.17) is 0 Å². The number of likely N-dealkylation sites (tertiary alicyclic amines) is 3. The van der Waals surface area contributed by atoms with Gasteiger partial charge in [0.25, 0.3) is 0 Å². The van der Waals surface area contributed by atoms with Gasteiger partial charge in [0.15, 0.2) is 0 Å². The molecule has 0 N–H and O–H groups in total. The summed E-state index contributed by atoms with van der Waals surface area (Å²) in [7, 11) is 1.96. The summed E-state index contributed by atoms with van der Waals surface area (Å²) in [6, 6.07) is 10.3. The number of aryl methyl sites for hydroxylation is 1. The highest BCUT2D eigenvalue weighted by atomic mass is 16.2. The molecule has 3 aliphatic rings. The number of fused-ring (bicyclic) bond motifs is 1. The number of nitrogens with zero attached hydrogens (tertiary/aromatic N) is 3. The maximum atomic E-state index is 13.3. The van der Waals surface area contributed by atoms with Gasteiger partial charge in [-0.05, 0) is 37.2 Å². The molecule has 2 spiro atoms. The van der Waals surface area contributed by atoms with Crippen LogP contribution in [-0.2, 0) is 16.0 Å². The highest BCUT2D eigenvalue weighted by molar-refractivity contribution is 5.86. The van der Waals surface area contributed by atoms with E-state index in [0.717, 1.165) is 65.0 Å². The normalized spacial score (nSPS) is 26.5. The van der Waals surface area contributed by atoms with Crippen molar-refractivity contribution in [2.75, 3.05) is 46.3 Å². The molecule has 3 saturated heterocycles. The Morgan fingerprint density at radius 2 is 1.73 bits per heavy atom. The number of rotatable bonds is 5. The smallest absolute Gasteiger partial charge is 0.230 e. The number of carbonyl (C=O) groups excluding carboxylic acids is 2. The highest BCUT2D eigenvalue weighted by Crippen LogP contribution is 2.57. The van der Waals surface area contributed by atoms with Crippen molar-refractivity contribution in [2.45, 2.75) is 46.0 Å². The second kappa shape index (κ2) is 8.33. The van der Waals surface area contributed by atoms with Gasteiger partial charge < -0.3 is 14.7 Å². The molecule has 3 fully saturated rings. The Balaban J connectivity index is 1.43. The van der Waals surface area contributed by atoms with E-state index in [9.17, 15) is 9.59 Å². The minimum atomic E-state index is -0.240. The molecule has 0 aromatic heterocycles. The molecule has 30 heavy (non-hydrogen) atoms. The van der Waals surface area contributed by atoms with Gasteiger partial charge in [-0.2, -0.15) is 0 Å². The Hall–Kier alpha value is -1.88. The Kier molecular flexibility index (Phi) is 5.93. The largest absolute Gasteiger partial charge is 0.345 e. The summed E-state index contributed by atoms with van der Waals surface area (Å²) in [5.41, 5.74) is 1.01. The lowest BCUT2D eigenvalue weighted by Crippen LogP contribution is -2.53. The Labute approximate surface area is 181 Å². The predicted octanol–water partition coefficient (Wildman–Crippen LogP) is 3.05. The summed E-state index contributed by atoms with van der Waals surface area (Å²) in [6.07, 6.45) is 4.26. The van der Waals surface area contributed by atoms with E-state index in [1.165, 1.54) is 5.56 Å². The van der Waals surface area contributed by atoms with Crippen molar-refractivity contribution in [3.8, 4) is 0 Å². The maximum Gasteiger partial charge on any atom is 0.230 e. The molecule has 0 saturated carbocycles. The summed E-state index contributed by atoms with van der Waals surface area (Å²) < 4.78 is 0. The number of amides is 2. The van der Waals surface area contributed by atoms with Gasteiger partial charge in [0.2, 0.25) is 11.8 Å². The lowest BCUT2D eigenvalue weighted by atomic mass is 9.60. The van der Waals surface area contributed by atoms with Crippen molar-refractivity contribution in [3.63, 3.8) is 0 Å². The maximum absolute atomic E-state index is 13.3. The van der Waals surface area contributed by atoms with Crippen LogP contribution in [0.15, 0.2) is 30.3 Å². The molecule has 3 heterocycles. The zero-order chi connectivity index (χ0) is 21.4. The third-order valence-electron chi connectivity index (χ3n) is 7.83. The monoisotopic (exact) mass is 411 g/mol. The first kappa shape index (κ1) is 21.4. The van der Waals surface area contributed by atoms with Crippen LogP contribution in [0.1, 0.15) is 45.1 Å². The van der Waals surface area contributed by atoms with E-state index >= 15 is 0 Å². The predicted molar refractivity (Wildman–Crippen MR) is 119 cm³/mol. The van der Waals surface area contributed by atoms with Crippen LogP contribution < -0.4 is 0 Å². The van der Waals surface area contributed by atoms with Crippen molar-refractivity contribution in [3.05, 3.63) is 35.9 Å². The van der Waals surface area contributed by atoms with Crippen molar-refractivity contribution in [2.24, 2.45) is 16.7 Å². The van der Waals surface area contributed by atoms with Crippen LogP contribution in [0, 0.1) is 16.7 Å². The number of piperidine rings is 1. The van der Waals surface area contributed by atoms with Crippen molar-refractivity contribution in [1.29, 1.82) is 0 Å². The van der Waals surface area contributed by atoms with Crippen LogP contribution in [0.4, 0.5) is 0 Å². The minimum absolute atomic E-state index is 0.0277. The van der Waals surface area contributed by atoms with E-state index in [2.05, 4.69) is 35.8 Å². The third-order valence-corrected chi connectivity index (χ3v) is 7.83. The average molecular weight is 412 g/mol. The van der Waals surface area contributed by atoms with Crippen LogP contribution in [0.5, 0.6) is 0 Å². The molecule has 0 radical (unpaired) electrons. The third kappa shape index (κ3) is 3.77. The van der Waals surface area contributed by atoms with Gasteiger partial charge in [0.1, 0.15) is 0 Å². The lowest BCUT2D eigenvalue weighted by molar-refractivity contribution is -0.143. The van der Waals surface area contributed by atoms with Crippen LogP contribution in [0.25, 0.3) is 0 Å². The molecule has 1 atom stereocenters. The first-order valence-corrected chi connectivity index (χ1v) is 11.6. The molecular weight excluding hydrogens is 374 g/mol. The van der Waals surface area contributed by atoms with Crippen LogP contribution in [-0.4, -0.2) is 72.8 Å². The molecule has 5 nitrogen and oxygen atoms in total. The standard InChI is InChI=1S/C25H37N3O2/c1-20(2)17-27-18-24(25(19-27)13-14-26(3)23(25)30)11-15-28(16-12-24)22(29)10-9-21-7-5-4-6-8-21/h4-8,20H,9-19H2,1-3H3. The van der Waals surface area contributed by atoms with Gasteiger partial charge in [0, 0.05) is 58.2 Å². The molecule has 3 aliphatic heterocycles. The molecule has 2 amide bonds. The Morgan fingerprint density at radius 1 is 1.03 bits per heavy atom. The first-order chi connectivity index (χ1) is 14.4. The van der Waals surface area contributed by atoms with E-state index in [1.807, 2.05) is 30.1 Å². The number of benzene rings is 1. The van der Waals surface area contributed by atoms with Crippen molar-refractivity contribution < 1.29 is 9.59 Å². The van der Waals surface area contributed by atoms with Crippen LogP contribution >= 0.6 is 0 Å². The second-order valence-corrected chi connectivity index (χ2v) is 10.3. The van der Waals surface area contributed by atoms with Gasteiger partial charge in [-0.15, -0.1) is 0 Å². The van der Waals surface area contributed by atoms with Gasteiger partial charge in [0.05, 0.1) is 5.41 Å². The highest BCUT2D eigenvalue weighted by Gasteiger charge is 2.64. The Morgan fingerprint density at radius 3 is 2.33 bits per heavy atom. The summed E-state index contributed by atoms with van der Waals surface area (Å²) in [5.74, 6) is 1.21. The second-order valence-electron chi connectivity index (χ2n) is 10.3. The van der Waals surface area contributed by atoms with E-state index in [-0.39, 0.29) is 16.7 Å².